The van der Waals surface area contributed by atoms with Crippen LogP contribution in [0, 0.1) is 0 Å². The molecule has 2 N–H and O–H groups in total. The van der Waals surface area contributed by atoms with Crippen LogP contribution in [0.25, 0.3) is 0 Å². The Morgan fingerprint density at radius 1 is 1.22 bits per heavy atom. The molecule has 1 atom stereocenters. The number of carbonyl (C=O) groups is 1. The number of para-hydroxylation sites is 1. The SMILES string of the molecule is C[C@H](Oc1ccccc1)C(=O)NNc1nc(Cl)nc(N(C)C)n1. The summed E-state index contributed by atoms with van der Waals surface area (Å²) in [6, 6.07) is 9.06. The minimum absolute atomic E-state index is 0.0223. The first-order chi connectivity index (χ1) is 11.0. The molecule has 0 aliphatic carbocycles. The van der Waals surface area contributed by atoms with Crippen molar-refractivity contribution in [1.82, 2.24) is 20.4 Å². The van der Waals surface area contributed by atoms with E-state index in [0.29, 0.717) is 11.7 Å². The van der Waals surface area contributed by atoms with Gasteiger partial charge in [-0.3, -0.25) is 15.6 Å². The van der Waals surface area contributed by atoms with Crippen LogP contribution in [0.2, 0.25) is 5.28 Å². The molecule has 1 amide bonds. The average molecular weight is 337 g/mol. The molecule has 0 fully saturated rings. The van der Waals surface area contributed by atoms with E-state index in [9.17, 15) is 4.79 Å². The fourth-order valence-electron chi connectivity index (χ4n) is 1.57. The lowest BCUT2D eigenvalue weighted by Crippen LogP contribution is -2.40. The van der Waals surface area contributed by atoms with Gasteiger partial charge in [0.05, 0.1) is 0 Å². The summed E-state index contributed by atoms with van der Waals surface area (Å²) in [5, 5.41) is 0.0223. The lowest BCUT2D eigenvalue weighted by molar-refractivity contribution is -0.126. The number of nitrogens with zero attached hydrogens (tertiary/aromatic N) is 4. The minimum atomic E-state index is -0.699. The highest BCUT2D eigenvalue weighted by Crippen LogP contribution is 2.12. The second-order valence-electron chi connectivity index (χ2n) is 4.81. The van der Waals surface area contributed by atoms with Crippen LogP contribution in [0.3, 0.4) is 0 Å². The number of anilines is 2. The van der Waals surface area contributed by atoms with Gasteiger partial charge in [-0.15, -0.1) is 0 Å². The molecule has 1 aromatic carbocycles. The van der Waals surface area contributed by atoms with E-state index in [1.54, 1.807) is 38.1 Å². The van der Waals surface area contributed by atoms with E-state index in [4.69, 9.17) is 16.3 Å². The molecule has 0 unspecified atom stereocenters. The number of hydrogen-bond donors (Lipinski definition) is 2. The maximum atomic E-state index is 12.0. The van der Waals surface area contributed by atoms with Crippen molar-refractivity contribution >= 4 is 29.4 Å². The molecule has 23 heavy (non-hydrogen) atoms. The molecule has 1 heterocycles. The van der Waals surface area contributed by atoms with Crippen LogP contribution in [-0.4, -0.2) is 41.1 Å². The summed E-state index contributed by atoms with van der Waals surface area (Å²) in [6.45, 7) is 1.63. The van der Waals surface area contributed by atoms with Crippen molar-refractivity contribution in [3.63, 3.8) is 0 Å². The third-order valence-corrected chi connectivity index (χ3v) is 2.89. The number of hydrazine groups is 1. The van der Waals surface area contributed by atoms with Gasteiger partial charge in [0.1, 0.15) is 5.75 Å². The second-order valence-corrected chi connectivity index (χ2v) is 5.15. The molecular formula is C14H17ClN6O2. The van der Waals surface area contributed by atoms with Gasteiger partial charge in [-0.25, -0.2) is 0 Å². The van der Waals surface area contributed by atoms with Crippen LogP contribution in [0.4, 0.5) is 11.9 Å². The smallest absolute Gasteiger partial charge is 0.279 e. The lowest BCUT2D eigenvalue weighted by atomic mass is 10.3. The molecule has 0 bridgehead atoms. The Kier molecular flexibility index (Phi) is 5.53. The van der Waals surface area contributed by atoms with Crippen LogP contribution in [0.1, 0.15) is 6.92 Å². The fraction of sp³-hybridized carbons (Fsp3) is 0.286. The van der Waals surface area contributed by atoms with Gasteiger partial charge in [0.15, 0.2) is 6.10 Å². The third kappa shape index (κ3) is 4.96. The number of hydrogen-bond acceptors (Lipinski definition) is 7. The third-order valence-electron chi connectivity index (χ3n) is 2.72. The maximum Gasteiger partial charge on any atom is 0.279 e. The van der Waals surface area contributed by atoms with Gasteiger partial charge in [0.25, 0.3) is 5.91 Å². The van der Waals surface area contributed by atoms with Gasteiger partial charge < -0.3 is 9.64 Å². The van der Waals surface area contributed by atoms with E-state index in [-0.39, 0.29) is 17.1 Å². The average Bonchev–Trinajstić information content (AvgIpc) is 2.53. The van der Waals surface area contributed by atoms with Crippen molar-refractivity contribution in [2.45, 2.75) is 13.0 Å². The van der Waals surface area contributed by atoms with Crippen LogP contribution in [0.5, 0.6) is 5.75 Å². The Labute approximate surface area is 138 Å². The summed E-state index contributed by atoms with van der Waals surface area (Å²) in [5.41, 5.74) is 5.06. The van der Waals surface area contributed by atoms with Gasteiger partial charge in [-0.1, -0.05) is 18.2 Å². The largest absolute Gasteiger partial charge is 0.481 e. The molecule has 9 heteroatoms. The summed E-state index contributed by atoms with van der Waals surface area (Å²) in [7, 11) is 3.54. The lowest BCUT2D eigenvalue weighted by Gasteiger charge is -2.16. The van der Waals surface area contributed by atoms with Gasteiger partial charge in [0, 0.05) is 14.1 Å². The first-order valence-electron chi connectivity index (χ1n) is 6.82. The highest BCUT2D eigenvalue weighted by atomic mass is 35.5. The summed E-state index contributed by atoms with van der Waals surface area (Å²) in [4.78, 5) is 25.6. The van der Waals surface area contributed by atoms with Crippen molar-refractivity contribution in [3.05, 3.63) is 35.6 Å². The monoisotopic (exact) mass is 336 g/mol. The number of rotatable bonds is 6. The molecule has 2 aromatic rings. The van der Waals surface area contributed by atoms with Gasteiger partial charge >= 0.3 is 0 Å². The zero-order chi connectivity index (χ0) is 16.8. The Morgan fingerprint density at radius 3 is 2.57 bits per heavy atom. The summed E-state index contributed by atoms with van der Waals surface area (Å²) in [5.74, 6) is 0.731. The van der Waals surface area contributed by atoms with Crippen LogP contribution < -0.4 is 20.5 Å². The Bertz CT molecular complexity index is 668. The topological polar surface area (TPSA) is 92.3 Å². The minimum Gasteiger partial charge on any atom is -0.481 e. The number of carbonyl (C=O) groups excluding carboxylic acids is 1. The zero-order valence-electron chi connectivity index (χ0n) is 12.9. The predicted molar refractivity (Wildman–Crippen MR) is 87.5 cm³/mol. The number of nitrogens with one attached hydrogen (secondary N) is 2. The maximum absolute atomic E-state index is 12.0. The first-order valence-corrected chi connectivity index (χ1v) is 7.20. The Hall–Kier alpha value is -2.61. The van der Waals surface area contributed by atoms with E-state index in [2.05, 4.69) is 25.8 Å². The summed E-state index contributed by atoms with van der Waals surface area (Å²) in [6.07, 6.45) is -0.699. The van der Waals surface area contributed by atoms with E-state index >= 15 is 0 Å². The van der Waals surface area contributed by atoms with E-state index in [0.717, 1.165) is 0 Å². The van der Waals surface area contributed by atoms with E-state index < -0.39 is 6.10 Å². The molecule has 0 saturated carbocycles. The molecule has 8 nitrogen and oxygen atoms in total. The number of benzene rings is 1. The molecule has 122 valence electrons. The van der Waals surface area contributed by atoms with Crippen LogP contribution in [0.15, 0.2) is 30.3 Å². The van der Waals surface area contributed by atoms with Gasteiger partial charge in [0.2, 0.25) is 17.2 Å². The van der Waals surface area contributed by atoms with Crippen molar-refractivity contribution in [2.75, 3.05) is 24.4 Å². The van der Waals surface area contributed by atoms with Crippen molar-refractivity contribution in [3.8, 4) is 5.75 Å². The standard InChI is InChI=1S/C14H17ClN6O2/c1-9(23-10-7-5-4-6-8-10)11(22)19-20-13-16-12(15)17-14(18-13)21(2)3/h4-9H,1-3H3,(H,19,22)(H,16,17,18,20)/t9-/m0/s1. The zero-order valence-corrected chi connectivity index (χ0v) is 13.7. The molecule has 0 spiro atoms. The Morgan fingerprint density at radius 2 is 1.91 bits per heavy atom. The van der Waals surface area contributed by atoms with Crippen molar-refractivity contribution in [1.29, 1.82) is 0 Å². The first kappa shape index (κ1) is 16.8. The molecule has 0 saturated heterocycles. The van der Waals surface area contributed by atoms with Crippen molar-refractivity contribution in [2.24, 2.45) is 0 Å². The number of halogens is 1. The van der Waals surface area contributed by atoms with Crippen LogP contribution >= 0.6 is 11.6 Å². The molecule has 0 radical (unpaired) electrons. The molecule has 1 aromatic heterocycles. The summed E-state index contributed by atoms with van der Waals surface area (Å²) < 4.78 is 5.51. The van der Waals surface area contributed by atoms with E-state index in [1.807, 2.05) is 18.2 Å². The van der Waals surface area contributed by atoms with Crippen LogP contribution in [-0.2, 0) is 4.79 Å². The van der Waals surface area contributed by atoms with Crippen molar-refractivity contribution < 1.29 is 9.53 Å². The molecule has 2 rings (SSSR count). The fourth-order valence-corrected chi connectivity index (χ4v) is 1.73. The van der Waals surface area contributed by atoms with Gasteiger partial charge in [-0.2, -0.15) is 15.0 Å². The highest BCUT2D eigenvalue weighted by molar-refractivity contribution is 6.28. The number of ether oxygens (including phenoxy) is 1. The highest BCUT2D eigenvalue weighted by Gasteiger charge is 2.15. The number of aromatic nitrogens is 3. The molecular weight excluding hydrogens is 320 g/mol. The summed E-state index contributed by atoms with van der Waals surface area (Å²) >= 11 is 5.81. The Balaban J connectivity index is 1.93. The molecule has 0 aliphatic heterocycles. The normalized spacial score (nSPS) is 11.5. The quantitative estimate of drug-likeness (QED) is 0.772. The molecule has 0 aliphatic rings. The van der Waals surface area contributed by atoms with E-state index in [1.165, 1.54) is 0 Å². The van der Waals surface area contributed by atoms with Gasteiger partial charge in [-0.05, 0) is 30.7 Å². The second kappa shape index (κ2) is 7.59. The predicted octanol–water partition coefficient (Wildman–Crippen LogP) is 1.50. The number of amides is 1.